The maximum absolute atomic E-state index is 12.8. The number of carbonyl (C=O) groups excluding carboxylic acids is 1. The van der Waals surface area contributed by atoms with Gasteiger partial charge in [0, 0.05) is 22.7 Å². The van der Waals surface area contributed by atoms with E-state index in [1.165, 1.54) is 21.3 Å². The van der Waals surface area contributed by atoms with E-state index in [-0.39, 0.29) is 5.91 Å². The first-order valence-electron chi connectivity index (χ1n) is 9.18. The predicted molar refractivity (Wildman–Crippen MR) is 106 cm³/mol. The van der Waals surface area contributed by atoms with E-state index in [0.717, 1.165) is 18.4 Å². The van der Waals surface area contributed by atoms with Crippen molar-refractivity contribution in [3.8, 4) is 28.6 Å². The number of nitrogens with one attached hydrogen (secondary N) is 1. The lowest BCUT2D eigenvalue weighted by Gasteiger charge is -2.14. The number of hydrogen-bond acceptors (Lipinski definition) is 7. The van der Waals surface area contributed by atoms with Gasteiger partial charge < -0.3 is 24.1 Å². The van der Waals surface area contributed by atoms with Crippen molar-refractivity contribution < 1.29 is 23.5 Å². The Bertz CT molecular complexity index is 1020. The molecular weight excluding hydrogens is 374 g/mol. The fourth-order valence-corrected chi connectivity index (χ4v) is 3.00. The van der Waals surface area contributed by atoms with Crippen molar-refractivity contribution in [1.29, 1.82) is 0 Å². The highest BCUT2D eigenvalue weighted by Crippen LogP contribution is 2.40. The molecule has 1 heterocycles. The van der Waals surface area contributed by atoms with Crippen LogP contribution >= 0.6 is 0 Å². The van der Waals surface area contributed by atoms with Gasteiger partial charge in [-0.1, -0.05) is 17.3 Å². The summed E-state index contributed by atoms with van der Waals surface area (Å²) in [6, 6.07) is 10.5. The molecule has 0 saturated heterocycles. The van der Waals surface area contributed by atoms with Gasteiger partial charge in [0.15, 0.2) is 11.5 Å². The topological polar surface area (TPSA) is 95.7 Å². The third-order valence-electron chi connectivity index (χ3n) is 4.67. The van der Waals surface area contributed by atoms with Crippen LogP contribution in [0.2, 0.25) is 0 Å². The van der Waals surface area contributed by atoms with Crippen LogP contribution in [0.3, 0.4) is 0 Å². The van der Waals surface area contributed by atoms with Gasteiger partial charge in [-0.2, -0.15) is 4.98 Å². The standard InChI is InChI=1S/C21H21N3O5/c1-26-16-10-14(11-17(27-2)18(16)28-3)20(25)22-15-6-4-5-13(9-15)19-23-21(29-24-19)12-7-8-12/h4-6,9-12H,7-8H2,1-3H3,(H,22,25). The van der Waals surface area contributed by atoms with Crippen LogP contribution in [0.5, 0.6) is 17.2 Å². The third-order valence-corrected chi connectivity index (χ3v) is 4.67. The number of anilines is 1. The number of amides is 1. The Morgan fingerprint density at radius 3 is 2.41 bits per heavy atom. The highest BCUT2D eigenvalue weighted by Gasteiger charge is 2.29. The number of nitrogens with zero attached hydrogens (tertiary/aromatic N) is 2. The van der Waals surface area contributed by atoms with E-state index in [4.69, 9.17) is 18.7 Å². The summed E-state index contributed by atoms with van der Waals surface area (Å²) >= 11 is 0. The first-order valence-corrected chi connectivity index (χ1v) is 9.18. The number of hydrogen-bond donors (Lipinski definition) is 1. The molecule has 0 bridgehead atoms. The molecule has 0 radical (unpaired) electrons. The maximum atomic E-state index is 12.8. The van der Waals surface area contributed by atoms with Gasteiger partial charge >= 0.3 is 0 Å². The average Bonchev–Trinajstić information content (AvgIpc) is 3.49. The van der Waals surface area contributed by atoms with Crippen molar-refractivity contribution in [3.05, 3.63) is 47.9 Å². The molecular formula is C21H21N3O5. The van der Waals surface area contributed by atoms with E-state index >= 15 is 0 Å². The number of aromatic nitrogens is 2. The van der Waals surface area contributed by atoms with Crippen LogP contribution in [-0.4, -0.2) is 37.4 Å². The van der Waals surface area contributed by atoms with Crippen molar-refractivity contribution in [2.75, 3.05) is 26.6 Å². The van der Waals surface area contributed by atoms with Gasteiger partial charge in [-0.05, 0) is 37.1 Å². The molecule has 0 unspecified atom stereocenters. The van der Waals surface area contributed by atoms with Crippen LogP contribution in [0.4, 0.5) is 5.69 Å². The fraction of sp³-hybridized carbons (Fsp3) is 0.286. The lowest BCUT2D eigenvalue weighted by atomic mass is 10.1. The smallest absolute Gasteiger partial charge is 0.255 e. The van der Waals surface area contributed by atoms with Crippen LogP contribution in [0.25, 0.3) is 11.4 Å². The van der Waals surface area contributed by atoms with E-state index in [1.807, 2.05) is 12.1 Å². The van der Waals surface area contributed by atoms with Gasteiger partial charge in [-0.15, -0.1) is 0 Å². The summed E-state index contributed by atoms with van der Waals surface area (Å²) in [6.45, 7) is 0. The molecule has 3 aromatic rings. The maximum Gasteiger partial charge on any atom is 0.255 e. The minimum Gasteiger partial charge on any atom is -0.493 e. The summed E-state index contributed by atoms with van der Waals surface area (Å²) in [5.41, 5.74) is 1.75. The molecule has 1 N–H and O–H groups in total. The van der Waals surface area contributed by atoms with Gasteiger partial charge in [-0.3, -0.25) is 4.79 Å². The Hall–Kier alpha value is -3.55. The molecule has 0 spiro atoms. The van der Waals surface area contributed by atoms with Crippen molar-refractivity contribution in [2.24, 2.45) is 0 Å². The van der Waals surface area contributed by atoms with Crippen molar-refractivity contribution in [2.45, 2.75) is 18.8 Å². The molecule has 1 aliphatic carbocycles. The second-order valence-corrected chi connectivity index (χ2v) is 6.68. The normalized spacial score (nSPS) is 13.1. The van der Waals surface area contributed by atoms with E-state index < -0.39 is 0 Å². The first-order chi connectivity index (χ1) is 14.1. The third kappa shape index (κ3) is 3.87. The van der Waals surface area contributed by atoms with E-state index in [0.29, 0.717) is 46.1 Å². The van der Waals surface area contributed by atoms with Gasteiger partial charge in [-0.25, -0.2) is 0 Å². The number of benzene rings is 2. The van der Waals surface area contributed by atoms with E-state index in [2.05, 4.69) is 15.5 Å². The molecule has 1 saturated carbocycles. The molecule has 8 nitrogen and oxygen atoms in total. The molecule has 2 aromatic carbocycles. The minimum absolute atomic E-state index is 0.312. The second kappa shape index (κ2) is 7.83. The zero-order chi connectivity index (χ0) is 20.4. The number of rotatable bonds is 7. The summed E-state index contributed by atoms with van der Waals surface area (Å²) in [7, 11) is 4.52. The summed E-state index contributed by atoms with van der Waals surface area (Å²) < 4.78 is 21.2. The zero-order valence-corrected chi connectivity index (χ0v) is 16.4. The summed E-state index contributed by atoms with van der Waals surface area (Å²) in [4.78, 5) is 17.2. The lowest BCUT2D eigenvalue weighted by molar-refractivity contribution is 0.102. The molecule has 0 aliphatic heterocycles. The molecule has 1 fully saturated rings. The van der Waals surface area contributed by atoms with E-state index in [1.54, 1.807) is 24.3 Å². The average molecular weight is 395 g/mol. The summed E-state index contributed by atoms with van der Waals surface area (Å²) in [6.07, 6.45) is 2.18. The molecule has 150 valence electrons. The molecule has 1 amide bonds. The fourth-order valence-electron chi connectivity index (χ4n) is 3.00. The van der Waals surface area contributed by atoms with Crippen molar-refractivity contribution in [1.82, 2.24) is 10.1 Å². The van der Waals surface area contributed by atoms with Gasteiger partial charge in [0.2, 0.25) is 17.5 Å². The molecule has 1 aliphatic rings. The minimum atomic E-state index is -0.312. The largest absolute Gasteiger partial charge is 0.493 e. The van der Waals surface area contributed by atoms with Gasteiger partial charge in [0.1, 0.15) is 0 Å². The Labute approximate surface area is 167 Å². The SMILES string of the molecule is COc1cc(C(=O)Nc2cccc(-c3noc(C4CC4)n3)c2)cc(OC)c1OC. The quantitative estimate of drug-likeness (QED) is 0.648. The second-order valence-electron chi connectivity index (χ2n) is 6.68. The predicted octanol–water partition coefficient (Wildman–Crippen LogP) is 3.89. The molecule has 1 aromatic heterocycles. The van der Waals surface area contributed by atoms with Crippen molar-refractivity contribution >= 4 is 11.6 Å². The Morgan fingerprint density at radius 1 is 1.07 bits per heavy atom. The van der Waals surface area contributed by atoms with Crippen LogP contribution < -0.4 is 19.5 Å². The van der Waals surface area contributed by atoms with Gasteiger partial charge in [0.05, 0.1) is 21.3 Å². The molecule has 29 heavy (non-hydrogen) atoms. The van der Waals surface area contributed by atoms with Crippen LogP contribution in [0.15, 0.2) is 40.9 Å². The summed E-state index contributed by atoms with van der Waals surface area (Å²) in [5.74, 6) is 2.50. The lowest BCUT2D eigenvalue weighted by Crippen LogP contribution is -2.12. The van der Waals surface area contributed by atoms with Crippen molar-refractivity contribution in [3.63, 3.8) is 0 Å². The van der Waals surface area contributed by atoms with Crippen LogP contribution in [0, 0.1) is 0 Å². The van der Waals surface area contributed by atoms with E-state index in [9.17, 15) is 4.79 Å². The first kappa shape index (κ1) is 18.8. The molecule has 8 heteroatoms. The number of carbonyl (C=O) groups is 1. The Kier molecular flexibility index (Phi) is 5.07. The van der Waals surface area contributed by atoms with Crippen LogP contribution in [0.1, 0.15) is 35.0 Å². The van der Waals surface area contributed by atoms with Crippen LogP contribution in [-0.2, 0) is 0 Å². The zero-order valence-electron chi connectivity index (χ0n) is 16.4. The molecule has 4 rings (SSSR count). The Morgan fingerprint density at radius 2 is 1.79 bits per heavy atom. The Balaban J connectivity index is 1.57. The number of ether oxygens (including phenoxy) is 3. The van der Waals surface area contributed by atoms with Gasteiger partial charge in [0.25, 0.3) is 5.91 Å². The number of methoxy groups -OCH3 is 3. The molecule has 0 atom stereocenters. The monoisotopic (exact) mass is 395 g/mol. The highest BCUT2D eigenvalue weighted by atomic mass is 16.5. The highest BCUT2D eigenvalue weighted by molar-refractivity contribution is 6.05. The summed E-state index contributed by atoms with van der Waals surface area (Å²) in [5, 5.41) is 6.92.